The van der Waals surface area contributed by atoms with Crippen LogP contribution in [0.1, 0.15) is 27.5 Å². The van der Waals surface area contributed by atoms with Gasteiger partial charge in [0, 0.05) is 23.0 Å². The molecule has 0 radical (unpaired) electrons. The maximum Gasteiger partial charge on any atom is 0.262 e. The number of H-pyrrole nitrogens is 1. The number of hydrogen-bond acceptors (Lipinski definition) is 7. The monoisotopic (exact) mass is 460 g/mol. The molecule has 1 N–H and O–H groups in total. The molecule has 33 heavy (non-hydrogen) atoms. The van der Waals surface area contributed by atoms with Crippen LogP contribution >= 0.6 is 11.8 Å². The second-order valence-corrected chi connectivity index (χ2v) is 8.59. The topological polar surface area (TPSA) is 112 Å². The Labute approximate surface area is 192 Å². The zero-order valence-electron chi connectivity index (χ0n) is 18.2. The lowest BCUT2D eigenvalue weighted by Gasteiger charge is -2.06. The third-order valence-electron chi connectivity index (χ3n) is 5.33. The molecule has 0 amide bonds. The number of rotatable bonds is 6. The van der Waals surface area contributed by atoms with E-state index in [4.69, 9.17) is 4.52 Å². The first kappa shape index (κ1) is 21.0. The first-order chi connectivity index (χ1) is 15.9. The minimum absolute atomic E-state index is 0.0705. The molecule has 0 atom stereocenters. The van der Waals surface area contributed by atoms with Gasteiger partial charge in [-0.1, -0.05) is 35.1 Å². The predicted octanol–water partition coefficient (Wildman–Crippen LogP) is 3.79. The SMILES string of the molecule is Cc1cc(-n2c(C)cc(C(=O)CSc3nc4c(cnn4-c4ccccc4)c(=O)[nH]3)c2C)no1. The fourth-order valence-corrected chi connectivity index (χ4v) is 4.53. The van der Waals surface area contributed by atoms with E-state index in [0.717, 1.165) is 17.1 Å². The van der Waals surface area contributed by atoms with Gasteiger partial charge in [0.25, 0.3) is 5.56 Å². The Hall–Kier alpha value is -3.92. The van der Waals surface area contributed by atoms with Crippen molar-refractivity contribution in [3.8, 4) is 11.5 Å². The van der Waals surface area contributed by atoms with E-state index in [1.54, 1.807) is 4.68 Å². The van der Waals surface area contributed by atoms with Crippen molar-refractivity contribution in [1.29, 1.82) is 0 Å². The van der Waals surface area contributed by atoms with Crippen molar-refractivity contribution in [1.82, 2.24) is 29.5 Å². The Morgan fingerprint density at radius 2 is 1.94 bits per heavy atom. The van der Waals surface area contributed by atoms with Crippen LogP contribution in [0.3, 0.4) is 0 Å². The van der Waals surface area contributed by atoms with Gasteiger partial charge in [-0.15, -0.1) is 0 Å². The van der Waals surface area contributed by atoms with E-state index >= 15 is 0 Å². The van der Waals surface area contributed by atoms with Gasteiger partial charge in [-0.2, -0.15) is 5.10 Å². The summed E-state index contributed by atoms with van der Waals surface area (Å²) in [6.07, 6.45) is 1.49. The van der Waals surface area contributed by atoms with Crippen LogP contribution in [0.5, 0.6) is 0 Å². The Bertz CT molecular complexity index is 1540. The smallest absolute Gasteiger partial charge is 0.262 e. The minimum Gasteiger partial charge on any atom is -0.360 e. The predicted molar refractivity (Wildman–Crippen MR) is 125 cm³/mol. The van der Waals surface area contributed by atoms with Crippen molar-refractivity contribution in [3.63, 3.8) is 0 Å². The molecular weight excluding hydrogens is 440 g/mol. The molecule has 0 spiro atoms. The summed E-state index contributed by atoms with van der Waals surface area (Å²) in [5.74, 6) is 1.38. The molecule has 0 unspecified atom stereocenters. The highest BCUT2D eigenvalue weighted by atomic mass is 32.2. The molecular formula is C23H20N6O3S. The Kier molecular flexibility index (Phi) is 5.21. The average molecular weight is 461 g/mol. The van der Waals surface area contributed by atoms with E-state index in [-0.39, 0.29) is 17.1 Å². The van der Waals surface area contributed by atoms with Gasteiger partial charge in [0.05, 0.1) is 17.6 Å². The van der Waals surface area contributed by atoms with E-state index in [2.05, 4.69) is 20.2 Å². The van der Waals surface area contributed by atoms with Crippen molar-refractivity contribution in [3.05, 3.63) is 81.7 Å². The van der Waals surface area contributed by atoms with Gasteiger partial charge in [-0.25, -0.2) is 9.67 Å². The van der Waals surface area contributed by atoms with Crippen LogP contribution in [0.2, 0.25) is 0 Å². The number of thioether (sulfide) groups is 1. The molecule has 4 aromatic heterocycles. The number of para-hydroxylation sites is 1. The largest absolute Gasteiger partial charge is 0.360 e. The van der Waals surface area contributed by atoms with Gasteiger partial charge in [0.1, 0.15) is 11.1 Å². The van der Waals surface area contributed by atoms with Crippen molar-refractivity contribution >= 4 is 28.6 Å². The molecule has 0 aliphatic carbocycles. The summed E-state index contributed by atoms with van der Waals surface area (Å²) in [6, 6.07) is 13.1. The van der Waals surface area contributed by atoms with Crippen LogP contribution in [0.25, 0.3) is 22.5 Å². The maximum atomic E-state index is 13.0. The first-order valence-electron chi connectivity index (χ1n) is 10.2. The van der Waals surface area contributed by atoms with Crippen LogP contribution in [-0.2, 0) is 0 Å². The van der Waals surface area contributed by atoms with Gasteiger partial charge in [-0.3, -0.25) is 14.2 Å². The zero-order valence-corrected chi connectivity index (χ0v) is 19.0. The second-order valence-electron chi connectivity index (χ2n) is 7.63. The van der Waals surface area contributed by atoms with Crippen LogP contribution in [0.4, 0.5) is 0 Å². The van der Waals surface area contributed by atoms with E-state index in [1.807, 2.05) is 67.8 Å². The van der Waals surface area contributed by atoms with Crippen LogP contribution in [0, 0.1) is 20.8 Å². The number of nitrogens with zero attached hydrogens (tertiary/aromatic N) is 5. The highest BCUT2D eigenvalue weighted by molar-refractivity contribution is 7.99. The molecule has 0 bridgehead atoms. The average Bonchev–Trinajstić information content (AvgIpc) is 3.50. The number of hydrogen-bond donors (Lipinski definition) is 1. The molecule has 0 saturated heterocycles. The third kappa shape index (κ3) is 3.78. The summed E-state index contributed by atoms with van der Waals surface area (Å²) in [4.78, 5) is 32.9. The quantitative estimate of drug-likeness (QED) is 0.233. The summed E-state index contributed by atoms with van der Waals surface area (Å²) in [6.45, 7) is 5.61. The number of carbonyl (C=O) groups is 1. The number of fused-ring (bicyclic) bond motifs is 1. The van der Waals surface area contributed by atoms with Gasteiger partial charge in [0.15, 0.2) is 22.4 Å². The highest BCUT2D eigenvalue weighted by Gasteiger charge is 2.19. The molecule has 0 saturated carbocycles. The van der Waals surface area contributed by atoms with Crippen LogP contribution in [0.15, 0.2) is 63.1 Å². The number of benzene rings is 1. The Balaban J connectivity index is 1.41. The summed E-state index contributed by atoms with van der Waals surface area (Å²) >= 11 is 1.18. The maximum absolute atomic E-state index is 13.0. The molecule has 4 heterocycles. The van der Waals surface area contributed by atoms with E-state index < -0.39 is 0 Å². The molecule has 5 rings (SSSR count). The van der Waals surface area contributed by atoms with Crippen molar-refractivity contribution < 1.29 is 9.32 Å². The van der Waals surface area contributed by atoms with Gasteiger partial charge in [0.2, 0.25) is 0 Å². The van der Waals surface area contributed by atoms with E-state index in [0.29, 0.717) is 33.3 Å². The van der Waals surface area contributed by atoms with Crippen LogP contribution in [-0.4, -0.2) is 41.0 Å². The Morgan fingerprint density at radius 1 is 1.15 bits per heavy atom. The Morgan fingerprint density at radius 3 is 2.67 bits per heavy atom. The summed E-state index contributed by atoms with van der Waals surface area (Å²) in [7, 11) is 0. The molecule has 5 aromatic rings. The van der Waals surface area contributed by atoms with Crippen LogP contribution < -0.4 is 5.56 Å². The number of aryl methyl sites for hydroxylation is 2. The highest BCUT2D eigenvalue weighted by Crippen LogP contribution is 2.24. The zero-order chi connectivity index (χ0) is 23.1. The van der Waals surface area contributed by atoms with Gasteiger partial charge >= 0.3 is 0 Å². The van der Waals surface area contributed by atoms with E-state index in [9.17, 15) is 9.59 Å². The lowest BCUT2D eigenvalue weighted by Crippen LogP contribution is -2.11. The summed E-state index contributed by atoms with van der Waals surface area (Å²) in [5.41, 5.74) is 3.21. The standard InChI is InChI=1S/C23H20N6O3S/c1-13-9-17(15(3)28(13)20-10-14(2)32-27-20)19(30)12-33-23-25-21-18(22(31)26-23)11-24-29(21)16-7-5-4-6-8-16/h4-11H,12H2,1-3H3,(H,25,26,31). The molecule has 166 valence electrons. The number of Topliss-reactive ketones (excluding diaryl/α,β-unsaturated/α-hetero) is 1. The second kappa shape index (κ2) is 8.21. The molecule has 9 nitrogen and oxygen atoms in total. The summed E-state index contributed by atoms with van der Waals surface area (Å²) in [5, 5.41) is 9.11. The van der Waals surface area contributed by atoms with E-state index in [1.165, 1.54) is 18.0 Å². The summed E-state index contributed by atoms with van der Waals surface area (Å²) < 4.78 is 8.68. The minimum atomic E-state index is -0.295. The number of aromatic nitrogens is 6. The number of aromatic amines is 1. The van der Waals surface area contributed by atoms with Crippen molar-refractivity contribution in [2.45, 2.75) is 25.9 Å². The molecule has 1 aromatic carbocycles. The molecule has 0 aliphatic rings. The number of carbonyl (C=O) groups excluding carboxylic acids is 1. The molecule has 0 aliphatic heterocycles. The lowest BCUT2D eigenvalue weighted by molar-refractivity contribution is 0.102. The molecule has 0 fully saturated rings. The third-order valence-corrected chi connectivity index (χ3v) is 6.21. The molecule has 10 heteroatoms. The van der Waals surface area contributed by atoms with Crippen molar-refractivity contribution in [2.75, 3.05) is 5.75 Å². The normalized spacial score (nSPS) is 11.4. The number of nitrogens with one attached hydrogen (secondary N) is 1. The van der Waals surface area contributed by atoms with Crippen molar-refractivity contribution in [2.24, 2.45) is 0 Å². The number of ketones is 1. The fourth-order valence-electron chi connectivity index (χ4n) is 3.79. The first-order valence-corrected chi connectivity index (χ1v) is 11.2. The lowest BCUT2D eigenvalue weighted by atomic mass is 10.2. The fraction of sp³-hybridized carbons (Fsp3) is 0.174. The van der Waals surface area contributed by atoms with Gasteiger partial charge < -0.3 is 9.51 Å². The van der Waals surface area contributed by atoms with Gasteiger partial charge in [-0.05, 0) is 39.0 Å².